The summed E-state index contributed by atoms with van der Waals surface area (Å²) < 4.78 is 26.8. The van der Waals surface area contributed by atoms with Gasteiger partial charge in [0.15, 0.2) is 17.3 Å². The molecule has 0 radical (unpaired) electrons. The largest absolute Gasteiger partial charge is 0.318 e. The molecule has 0 saturated carbocycles. The number of carbonyl (C=O) groups excluding carboxylic acids is 1. The second kappa shape index (κ2) is 5.49. The molecule has 1 aliphatic rings. The Morgan fingerprint density at radius 2 is 2.15 bits per heavy atom. The Morgan fingerprint density at radius 1 is 1.45 bits per heavy atom. The van der Waals surface area contributed by atoms with Gasteiger partial charge < -0.3 is 10.6 Å². The van der Waals surface area contributed by atoms with Gasteiger partial charge in [-0.1, -0.05) is 6.92 Å². The summed E-state index contributed by atoms with van der Waals surface area (Å²) in [5.41, 5.74) is -1.39. The van der Waals surface area contributed by atoms with E-state index in [1.54, 1.807) is 0 Å². The number of carbonyl (C=O) groups is 1. The zero-order valence-corrected chi connectivity index (χ0v) is 10.7. The van der Waals surface area contributed by atoms with E-state index in [1.807, 2.05) is 6.92 Å². The number of hydrogen-bond acceptors (Lipinski definition) is 4. The molecule has 2 rings (SSSR count). The van der Waals surface area contributed by atoms with Crippen LogP contribution in [0, 0.1) is 33.6 Å². The monoisotopic (exact) mass is 285 g/mol. The van der Waals surface area contributed by atoms with Gasteiger partial charge in [-0.3, -0.25) is 14.9 Å². The number of rotatable bonds is 3. The predicted octanol–water partition coefficient (Wildman–Crippen LogP) is 1.67. The van der Waals surface area contributed by atoms with Crippen molar-refractivity contribution in [3.63, 3.8) is 0 Å². The summed E-state index contributed by atoms with van der Waals surface area (Å²) in [4.78, 5) is 21.9. The van der Waals surface area contributed by atoms with Crippen LogP contribution < -0.4 is 10.6 Å². The molecule has 0 aromatic heterocycles. The molecule has 1 aromatic rings. The second-order valence-electron chi connectivity index (χ2n) is 4.74. The second-order valence-corrected chi connectivity index (χ2v) is 4.74. The van der Waals surface area contributed by atoms with E-state index in [-0.39, 0.29) is 5.92 Å². The lowest BCUT2D eigenvalue weighted by atomic mass is 9.97. The Balaban J connectivity index is 2.30. The van der Waals surface area contributed by atoms with E-state index in [9.17, 15) is 23.7 Å². The van der Waals surface area contributed by atoms with Gasteiger partial charge in [-0.25, -0.2) is 8.78 Å². The molecule has 108 valence electrons. The number of hydrogen-bond donors (Lipinski definition) is 2. The van der Waals surface area contributed by atoms with Crippen molar-refractivity contribution in [1.82, 2.24) is 5.32 Å². The molecule has 1 amide bonds. The number of nitrogens with one attached hydrogen (secondary N) is 2. The van der Waals surface area contributed by atoms with Crippen LogP contribution in [0.5, 0.6) is 0 Å². The van der Waals surface area contributed by atoms with E-state index in [4.69, 9.17) is 0 Å². The molecule has 1 aliphatic heterocycles. The standard InChI is InChI=1S/C12H13F2N3O3/c1-6-4-15-5-7(6)12(18)16-11-9(17(19)20)3-2-8(13)10(11)14/h2-3,6-7,15H,4-5H2,1H3,(H,16,18)/t6-,7-/m1/s1. The van der Waals surface area contributed by atoms with Crippen molar-refractivity contribution in [2.75, 3.05) is 18.4 Å². The summed E-state index contributed by atoms with van der Waals surface area (Å²) in [5.74, 6) is -3.65. The van der Waals surface area contributed by atoms with Crippen molar-refractivity contribution in [2.45, 2.75) is 6.92 Å². The Labute approximate surface area is 113 Å². The van der Waals surface area contributed by atoms with E-state index in [0.29, 0.717) is 19.2 Å². The first-order valence-electron chi connectivity index (χ1n) is 6.05. The first kappa shape index (κ1) is 14.3. The minimum atomic E-state index is -1.42. The van der Waals surface area contributed by atoms with Gasteiger partial charge in [0.05, 0.1) is 10.8 Å². The first-order chi connectivity index (χ1) is 9.41. The lowest BCUT2D eigenvalue weighted by Crippen LogP contribution is -2.28. The predicted molar refractivity (Wildman–Crippen MR) is 67.2 cm³/mol. The number of nitro benzene ring substituents is 1. The average Bonchev–Trinajstić information content (AvgIpc) is 2.81. The highest BCUT2D eigenvalue weighted by Gasteiger charge is 2.32. The molecule has 6 nitrogen and oxygen atoms in total. The Bertz CT molecular complexity index is 565. The summed E-state index contributed by atoms with van der Waals surface area (Å²) >= 11 is 0. The fourth-order valence-corrected chi connectivity index (χ4v) is 2.19. The normalized spacial score (nSPS) is 21.8. The number of nitrogens with zero attached hydrogens (tertiary/aromatic N) is 1. The van der Waals surface area contributed by atoms with Crippen LogP contribution in [0.3, 0.4) is 0 Å². The van der Waals surface area contributed by atoms with Gasteiger partial charge >= 0.3 is 0 Å². The topological polar surface area (TPSA) is 84.3 Å². The minimum Gasteiger partial charge on any atom is -0.318 e. The molecule has 1 saturated heterocycles. The van der Waals surface area contributed by atoms with Crippen LogP contribution in [0.15, 0.2) is 12.1 Å². The van der Waals surface area contributed by atoms with Crippen LogP contribution in [-0.4, -0.2) is 23.9 Å². The number of nitro groups is 1. The highest BCUT2D eigenvalue weighted by atomic mass is 19.2. The molecule has 1 fully saturated rings. The van der Waals surface area contributed by atoms with E-state index in [0.717, 1.165) is 6.07 Å². The number of benzene rings is 1. The summed E-state index contributed by atoms with van der Waals surface area (Å²) in [6.45, 7) is 2.87. The summed E-state index contributed by atoms with van der Waals surface area (Å²) in [5, 5.41) is 15.9. The van der Waals surface area contributed by atoms with Crippen LogP contribution in [-0.2, 0) is 4.79 Å². The van der Waals surface area contributed by atoms with Crippen LogP contribution in [0.1, 0.15) is 6.92 Å². The Morgan fingerprint density at radius 3 is 2.70 bits per heavy atom. The smallest absolute Gasteiger partial charge is 0.296 e. The fraction of sp³-hybridized carbons (Fsp3) is 0.417. The van der Waals surface area contributed by atoms with Gasteiger partial charge in [0.2, 0.25) is 5.91 Å². The molecule has 0 aliphatic carbocycles. The zero-order chi connectivity index (χ0) is 14.9. The molecule has 0 bridgehead atoms. The van der Waals surface area contributed by atoms with Crippen molar-refractivity contribution in [3.05, 3.63) is 33.9 Å². The van der Waals surface area contributed by atoms with Gasteiger partial charge in [-0.2, -0.15) is 0 Å². The SMILES string of the molecule is C[C@@H]1CNC[C@H]1C(=O)Nc1c([N+](=O)[O-])ccc(F)c1F. The quantitative estimate of drug-likeness (QED) is 0.653. The number of anilines is 1. The van der Waals surface area contributed by atoms with Gasteiger partial charge in [-0.15, -0.1) is 0 Å². The highest BCUT2D eigenvalue weighted by Crippen LogP contribution is 2.30. The first-order valence-corrected chi connectivity index (χ1v) is 6.05. The third-order valence-electron chi connectivity index (χ3n) is 3.37. The van der Waals surface area contributed by atoms with Crippen LogP contribution in [0.4, 0.5) is 20.2 Å². The van der Waals surface area contributed by atoms with Gasteiger partial charge in [0.1, 0.15) is 0 Å². The summed E-state index contributed by atoms with van der Waals surface area (Å²) in [6.07, 6.45) is 0. The molecule has 1 aromatic carbocycles. The Hall–Kier alpha value is -2.09. The molecule has 1 heterocycles. The fourth-order valence-electron chi connectivity index (χ4n) is 2.19. The molecule has 2 atom stereocenters. The molecule has 0 spiro atoms. The molecule has 8 heteroatoms. The van der Waals surface area contributed by atoms with Crippen molar-refractivity contribution in [1.29, 1.82) is 0 Å². The van der Waals surface area contributed by atoms with E-state index in [1.165, 1.54) is 0 Å². The summed E-state index contributed by atoms with van der Waals surface area (Å²) in [7, 11) is 0. The minimum absolute atomic E-state index is 0.0191. The Kier molecular flexibility index (Phi) is 3.93. The summed E-state index contributed by atoms with van der Waals surface area (Å²) in [6, 6.07) is 1.48. The van der Waals surface area contributed by atoms with Crippen LogP contribution in [0.2, 0.25) is 0 Å². The third kappa shape index (κ3) is 2.60. The van der Waals surface area contributed by atoms with E-state index in [2.05, 4.69) is 10.6 Å². The molecule has 0 unspecified atom stereocenters. The number of halogens is 2. The van der Waals surface area contributed by atoms with Crippen molar-refractivity contribution in [2.24, 2.45) is 11.8 Å². The maximum Gasteiger partial charge on any atom is 0.296 e. The lowest BCUT2D eigenvalue weighted by molar-refractivity contribution is -0.384. The molecule has 20 heavy (non-hydrogen) atoms. The molecular weight excluding hydrogens is 272 g/mol. The van der Waals surface area contributed by atoms with Gasteiger partial charge in [-0.05, 0) is 18.5 Å². The van der Waals surface area contributed by atoms with Crippen molar-refractivity contribution >= 4 is 17.3 Å². The lowest BCUT2D eigenvalue weighted by Gasteiger charge is -2.14. The highest BCUT2D eigenvalue weighted by molar-refractivity contribution is 5.95. The van der Waals surface area contributed by atoms with Crippen molar-refractivity contribution in [3.8, 4) is 0 Å². The molecule has 2 N–H and O–H groups in total. The molecular formula is C12H13F2N3O3. The maximum atomic E-state index is 13.7. The number of amides is 1. The van der Waals surface area contributed by atoms with E-state index < -0.39 is 39.8 Å². The van der Waals surface area contributed by atoms with Gasteiger partial charge in [0, 0.05) is 12.6 Å². The maximum absolute atomic E-state index is 13.7. The average molecular weight is 285 g/mol. The third-order valence-corrected chi connectivity index (χ3v) is 3.37. The zero-order valence-electron chi connectivity index (χ0n) is 10.7. The van der Waals surface area contributed by atoms with Gasteiger partial charge in [0.25, 0.3) is 5.69 Å². The van der Waals surface area contributed by atoms with Crippen molar-refractivity contribution < 1.29 is 18.5 Å². The van der Waals surface area contributed by atoms with E-state index >= 15 is 0 Å². The van der Waals surface area contributed by atoms with Crippen LogP contribution >= 0.6 is 0 Å². The van der Waals surface area contributed by atoms with Crippen LogP contribution in [0.25, 0.3) is 0 Å².